The number of alkyl halides is 3. The predicted octanol–water partition coefficient (Wildman–Crippen LogP) is 5.10. The van der Waals surface area contributed by atoms with Crippen molar-refractivity contribution in [2.75, 3.05) is 5.32 Å². The second-order valence-corrected chi connectivity index (χ2v) is 8.02. The summed E-state index contributed by atoms with van der Waals surface area (Å²) >= 11 is 1.16. The van der Waals surface area contributed by atoms with E-state index in [1.54, 1.807) is 6.07 Å². The van der Waals surface area contributed by atoms with Crippen LogP contribution in [0.4, 0.5) is 24.0 Å². The van der Waals surface area contributed by atoms with Crippen molar-refractivity contribution >= 4 is 28.1 Å². The Morgan fingerprint density at radius 1 is 1.15 bits per heavy atom. The van der Waals surface area contributed by atoms with E-state index in [0.717, 1.165) is 23.5 Å². The monoisotopic (exact) mass is 473 g/mol. The van der Waals surface area contributed by atoms with Gasteiger partial charge in [-0.25, -0.2) is 9.67 Å². The lowest BCUT2D eigenvalue weighted by molar-refractivity contribution is -0.384. The number of carbonyl (C=O) groups excluding carboxylic acids is 1. The van der Waals surface area contributed by atoms with E-state index in [-0.39, 0.29) is 17.7 Å². The van der Waals surface area contributed by atoms with Crippen LogP contribution < -0.4 is 5.32 Å². The van der Waals surface area contributed by atoms with Gasteiger partial charge in [0, 0.05) is 35.8 Å². The molecule has 33 heavy (non-hydrogen) atoms. The number of rotatable bonds is 6. The number of carbonyl (C=O) groups is 1. The van der Waals surface area contributed by atoms with E-state index < -0.39 is 22.6 Å². The fraction of sp³-hybridized carbons (Fsp3) is 0.0952. The fourth-order valence-electron chi connectivity index (χ4n) is 2.98. The molecule has 2 heterocycles. The lowest BCUT2D eigenvalue weighted by Gasteiger charge is -2.07. The molecule has 0 fully saturated rings. The molecule has 4 rings (SSSR count). The molecule has 1 N–H and O–H groups in total. The first-order chi connectivity index (χ1) is 15.7. The Morgan fingerprint density at radius 2 is 1.91 bits per heavy atom. The Balaban J connectivity index is 1.42. The van der Waals surface area contributed by atoms with Crippen molar-refractivity contribution in [1.82, 2.24) is 14.8 Å². The molecule has 2 aromatic carbocycles. The highest BCUT2D eigenvalue weighted by molar-refractivity contribution is 7.15. The minimum atomic E-state index is -4.41. The zero-order valence-electron chi connectivity index (χ0n) is 16.6. The van der Waals surface area contributed by atoms with Crippen molar-refractivity contribution in [3.05, 3.63) is 98.8 Å². The number of hydrogen-bond donors (Lipinski definition) is 1. The van der Waals surface area contributed by atoms with Gasteiger partial charge in [0.15, 0.2) is 5.13 Å². The van der Waals surface area contributed by atoms with Crippen molar-refractivity contribution in [2.45, 2.75) is 12.6 Å². The zero-order chi connectivity index (χ0) is 23.6. The maximum atomic E-state index is 12.9. The topological polar surface area (TPSA) is 103 Å². The van der Waals surface area contributed by atoms with Crippen LogP contribution in [0.25, 0.3) is 5.69 Å². The number of nitro benzene ring substituents is 1. The van der Waals surface area contributed by atoms with E-state index >= 15 is 0 Å². The molecule has 0 aliphatic rings. The number of aromatic nitrogens is 3. The van der Waals surface area contributed by atoms with Crippen LogP contribution in [0.15, 0.2) is 67.1 Å². The summed E-state index contributed by atoms with van der Waals surface area (Å²) in [5, 5.41) is 17.8. The van der Waals surface area contributed by atoms with E-state index in [1.165, 1.54) is 53.6 Å². The molecule has 0 bridgehead atoms. The number of hydrogen-bond acceptors (Lipinski definition) is 6. The number of thiazole rings is 1. The number of nitrogens with zero attached hydrogens (tertiary/aromatic N) is 4. The molecule has 0 saturated heterocycles. The van der Waals surface area contributed by atoms with Crippen molar-refractivity contribution in [3.63, 3.8) is 0 Å². The van der Waals surface area contributed by atoms with Crippen LogP contribution in [0.3, 0.4) is 0 Å². The van der Waals surface area contributed by atoms with Gasteiger partial charge in [-0.05, 0) is 23.8 Å². The molecule has 12 heteroatoms. The first-order valence-corrected chi connectivity index (χ1v) is 10.2. The summed E-state index contributed by atoms with van der Waals surface area (Å²) in [6.45, 7) is 0. The Labute approximate surface area is 188 Å². The molecule has 0 aliphatic heterocycles. The van der Waals surface area contributed by atoms with Gasteiger partial charge in [-0.2, -0.15) is 18.3 Å². The lowest BCUT2D eigenvalue weighted by Crippen LogP contribution is -2.10. The third-order valence-corrected chi connectivity index (χ3v) is 5.49. The van der Waals surface area contributed by atoms with E-state index in [4.69, 9.17) is 0 Å². The Kier molecular flexibility index (Phi) is 5.92. The number of amides is 1. The molecule has 168 valence electrons. The number of anilines is 1. The molecule has 0 spiro atoms. The molecular formula is C21H14F3N5O3S. The summed E-state index contributed by atoms with van der Waals surface area (Å²) in [4.78, 5) is 27.6. The van der Waals surface area contributed by atoms with Crippen LogP contribution in [-0.2, 0) is 12.6 Å². The predicted molar refractivity (Wildman–Crippen MR) is 115 cm³/mol. The Bertz CT molecular complexity index is 1320. The van der Waals surface area contributed by atoms with Gasteiger partial charge in [-0.1, -0.05) is 18.2 Å². The number of halogens is 3. The second kappa shape index (κ2) is 8.82. The Hall–Kier alpha value is -4.06. The van der Waals surface area contributed by atoms with E-state index in [2.05, 4.69) is 15.4 Å². The van der Waals surface area contributed by atoms with Gasteiger partial charge >= 0.3 is 6.18 Å². The average Bonchev–Trinajstić information content (AvgIpc) is 3.43. The lowest BCUT2D eigenvalue weighted by atomic mass is 10.1. The van der Waals surface area contributed by atoms with E-state index in [1.807, 2.05) is 0 Å². The standard InChI is InChI=1S/C21H14F3N5O3S/c22-21(23,24)15-3-1-2-13(8-15)9-18-11-25-20(33-18)27-19(30)14-10-26-28(12-14)16-4-6-17(7-5-16)29(31)32/h1-8,10-12H,9H2,(H,25,27,30). The summed E-state index contributed by atoms with van der Waals surface area (Å²) in [6, 6.07) is 10.7. The summed E-state index contributed by atoms with van der Waals surface area (Å²) in [7, 11) is 0. The third kappa shape index (κ3) is 5.23. The van der Waals surface area contributed by atoms with Crippen molar-refractivity contribution in [2.24, 2.45) is 0 Å². The second-order valence-electron chi connectivity index (χ2n) is 6.91. The normalized spacial score (nSPS) is 11.4. The van der Waals surface area contributed by atoms with Gasteiger partial charge in [-0.3, -0.25) is 20.2 Å². The number of nitrogens with one attached hydrogen (secondary N) is 1. The van der Waals surface area contributed by atoms with Gasteiger partial charge in [0.25, 0.3) is 11.6 Å². The third-order valence-electron chi connectivity index (χ3n) is 4.58. The van der Waals surface area contributed by atoms with Gasteiger partial charge < -0.3 is 0 Å². The number of non-ortho nitro benzene ring substituents is 1. The van der Waals surface area contributed by atoms with Gasteiger partial charge in [0.1, 0.15) is 0 Å². The van der Waals surface area contributed by atoms with Crippen LogP contribution in [-0.4, -0.2) is 25.6 Å². The highest BCUT2D eigenvalue weighted by Crippen LogP contribution is 2.30. The summed E-state index contributed by atoms with van der Waals surface area (Å²) in [5.41, 5.74) is 0.479. The molecule has 0 atom stereocenters. The Morgan fingerprint density at radius 3 is 2.61 bits per heavy atom. The number of benzene rings is 2. The highest BCUT2D eigenvalue weighted by Gasteiger charge is 2.30. The van der Waals surface area contributed by atoms with Crippen LogP contribution in [0.1, 0.15) is 26.4 Å². The largest absolute Gasteiger partial charge is 0.416 e. The molecule has 1 amide bonds. The van der Waals surface area contributed by atoms with Crippen molar-refractivity contribution < 1.29 is 22.9 Å². The van der Waals surface area contributed by atoms with Gasteiger partial charge in [0.05, 0.1) is 27.9 Å². The maximum Gasteiger partial charge on any atom is 0.416 e. The van der Waals surface area contributed by atoms with Gasteiger partial charge in [0.2, 0.25) is 0 Å². The molecule has 8 nitrogen and oxygen atoms in total. The summed E-state index contributed by atoms with van der Waals surface area (Å²) in [6.07, 6.45) is 0.139. The first kappa shape index (κ1) is 22.1. The smallest absolute Gasteiger partial charge is 0.298 e. The first-order valence-electron chi connectivity index (χ1n) is 9.41. The molecule has 2 aromatic heterocycles. The molecule has 4 aromatic rings. The molecule has 0 radical (unpaired) electrons. The molecule has 0 saturated carbocycles. The molecule has 0 aliphatic carbocycles. The van der Waals surface area contributed by atoms with E-state index in [9.17, 15) is 28.1 Å². The van der Waals surface area contributed by atoms with Crippen LogP contribution in [0.2, 0.25) is 0 Å². The van der Waals surface area contributed by atoms with Gasteiger partial charge in [-0.15, -0.1) is 11.3 Å². The fourth-order valence-corrected chi connectivity index (χ4v) is 3.83. The minimum absolute atomic E-state index is 0.0615. The molecule has 0 unspecified atom stereocenters. The van der Waals surface area contributed by atoms with Crippen molar-refractivity contribution in [1.29, 1.82) is 0 Å². The van der Waals surface area contributed by atoms with Crippen LogP contribution >= 0.6 is 11.3 Å². The molecular weight excluding hydrogens is 459 g/mol. The maximum absolute atomic E-state index is 12.9. The van der Waals surface area contributed by atoms with Crippen molar-refractivity contribution in [3.8, 4) is 5.69 Å². The van der Waals surface area contributed by atoms with E-state index in [0.29, 0.717) is 21.3 Å². The quantitative estimate of drug-likeness (QED) is 0.310. The summed E-state index contributed by atoms with van der Waals surface area (Å²) in [5.74, 6) is -0.469. The average molecular weight is 473 g/mol. The van der Waals surface area contributed by atoms with Crippen LogP contribution in [0.5, 0.6) is 0 Å². The highest BCUT2D eigenvalue weighted by atomic mass is 32.1. The number of nitro groups is 1. The summed E-state index contributed by atoms with van der Waals surface area (Å²) < 4.78 is 40.1. The zero-order valence-corrected chi connectivity index (χ0v) is 17.4. The SMILES string of the molecule is O=C(Nc1ncc(Cc2cccc(C(F)(F)F)c2)s1)c1cnn(-c2ccc([N+](=O)[O-])cc2)c1. The van der Waals surface area contributed by atoms with Crippen LogP contribution in [0, 0.1) is 10.1 Å². The minimum Gasteiger partial charge on any atom is -0.298 e.